The summed E-state index contributed by atoms with van der Waals surface area (Å²) < 4.78 is 26.4. The van der Waals surface area contributed by atoms with Crippen molar-refractivity contribution >= 4 is 12.1 Å². The molecule has 140 valence electrons. The molecule has 0 aromatic heterocycles. The highest BCUT2D eigenvalue weighted by Crippen LogP contribution is 2.30. The number of methoxy groups -OCH3 is 1. The summed E-state index contributed by atoms with van der Waals surface area (Å²) in [7, 11) is 1.56. The SMILES string of the molecule is CCOC(=O)[C@]1(N(COCCOC)C(=O)OC(C)(C)C)CCOC1. The summed E-state index contributed by atoms with van der Waals surface area (Å²) in [6.07, 6.45) is -0.308. The highest BCUT2D eigenvalue weighted by Gasteiger charge is 2.52. The van der Waals surface area contributed by atoms with E-state index in [0.717, 1.165) is 0 Å². The summed E-state index contributed by atoms with van der Waals surface area (Å²) in [5.41, 5.74) is -1.93. The predicted molar refractivity (Wildman–Crippen MR) is 85.6 cm³/mol. The average molecular weight is 347 g/mol. The molecule has 1 heterocycles. The van der Waals surface area contributed by atoms with Crippen LogP contribution in [0.2, 0.25) is 0 Å². The van der Waals surface area contributed by atoms with Gasteiger partial charge in [0.15, 0.2) is 5.54 Å². The lowest BCUT2D eigenvalue weighted by atomic mass is 9.97. The van der Waals surface area contributed by atoms with Gasteiger partial charge >= 0.3 is 12.1 Å². The second-order valence-electron chi connectivity index (χ2n) is 6.49. The van der Waals surface area contributed by atoms with Crippen LogP contribution in [0.25, 0.3) is 0 Å². The first-order chi connectivity index (χ1) is 11.3. The van der Waals surface area contributed by atoms with Gasteiger partial charge < -0.3 is 23.7 Å². The maximum Gasteiger partial charge on any atom is 0.413 e. The third-order valence-electron chi connectivity index (χ3n) is 3.44. The van der Waals surface area contributed by atoms with E-state index in [0.29, 0.717) is 19.6 Å². The molecule has 0 unspecified atom stereocenters. The Balaban J connectivity index is 2.98. The van der Waals surface area contributed by atoms with Gasteiger partial charge in [-0.2, -0.15) is 0 Å². The number of rotatable bonds is 8. The molecule has 0 radical (unpaired) electrons. The van der Waals surface area contributed by atoms with Crippen LogP contribution in [0.4, 0.5) is 4.79 Å². The minimum absolute atomic E-state index is 0.0543. The highest BCUT2D eigenvalue weighted by atomic mass is 16.6. The van der Waals surface area contributed by atoms with Crippen molar-refractivity contribution < 1.29 is 33.3 Å². The van der Waals surface area contributed by atoms with Gasteiger partial charge in [0.1, 0.15) is 12.3 Å². The molecule has 0 aromatic carbocycles. The van der Waals surface area contributed by atoms with Crippen molar-refractivity contribution in [1.82, 2.24) is 4.90 Å². The van der Waals surface area contributed by atoms with E-state index in [1.54, 1.807) is 34.8 Å². The normalized spacial score (nSPS) is 20.7. The molecule has 1 amide bonds. The molecule has 1 aliphatic rings. The Morgan fingerprint density at radius 3 is 2.46 bits per heavy atom. The van der Waals surface area contributed by atoms with Gasteiger partial charge in [-0.3, -0.25) is 4.90 Å². The minimum atomic E-state index is -1.23. The van der Waals surface area contributed by atoms with Gasteiger partial charge in [0, 0.05) is 20.1 Å². The first kappa shape index (κ1) is 20.7. The van der Waals surface area contributed by atoms with E-state index in [1.165, 1.54) is 4.90 Å². The largest absolute Gasteiger partial charge is 0.464 e. The van der Waals surface area contributed by atoms with Crippen molar-refractivity contribution in [3.8, 4) is 0 Å². The van der Waals surface area contributed by atoms with E-state index in [2.05, 4.69) is 0 Å². The Hall–Kier alpha value is -1.38. The van der Waals surface area contributed by atoms with Crippen molar-refractivity contribution in [2.24, 2.45) is 0 Å². The zero-order chi connectivity index (χ0) is 18.2. The number of hydrogen-bond acceptors (Lipinski definition) is 7. The minimum Gasteiger partial charge on any atom is -0.464 e. The molecule has 24 heavy (non-hydrogen) atoms. The fourth-order valence-electron chi connectivity index (χ4n) is 2.27. The number of hydrogen-bond donors (Lipinski definition) is 0. The van der Waals surface area contributed by atoms with E-state index < -0.39 is 23.2 Å². The van der Waals surface area contributed by atoms with Crippen LogP contribution in [0.15, 0.2) is 0 Å². The molecule has 0 saturated carbocycles. The van der Waals surface area contributed by atoms with Crippen molar-refractivity contribution in [1.29, 1.82) is 0 Å². The van der Waals surface area contributed by atoms with Crippen LogP contribution < -0.4 is 0 Å². The quantitative estimate of drug-likeness (QED) is 0.374. The first-order valence-electron chi connectivity index (χ1n) is 8.09. The van der Waals surface area contributed by atoms with E-state index >= 15 is 0 Å². The highest BCUT2D eigenvalue weighted by molar-refractivity contribution is 5.86. The zero-order valence-electron chi connectivity index (χ0n) is 15.3. The van der Waals surface area contributed by atoms with Crippen molar-refractivity contribution in [2.75, 3.05) is 46.9 Å². The number of nitrogens with zero attached hydrogens (tertiary/aromatic N) is 1. The van der Waals surface area contributed by atoms with E-state index in [-0.39, 0.29) is 26.6 Å². The molecule has 0 spiro atoms. The molecule has 0 bridgehead atoms. The second kappa shape index (κ2) is 9.19. The molecular formula is C16H29NO7. The van der Waals surface area contributed by atoms with Gasteiger partial charge in [0.05, 0.1) is 26.4 Å². The molecule has 8 heteroatoms. The molecule has 1 saturated heterocycles. The molecule has 1 aliphatic heterocycles. The lowest BCUT2D eigenvalue weighted by molar-refractivity contribution is -0.162. The number of ether oxygens (including phenoxy) is 5. The van der Waals surface area contributed by atoms with Crippen LogP contribution in [0.5, 0.6) is 0 Å². The first-order valence-corrected chi connectivity index (χ1v) is 8.09. The maximum absolute atomic E-state index is 12.7. The fraction of sp³-hybridized carbons (Fsp3) is 0.875. The van der Waals surface area contributed by atoms with Crippen molar-refractivity contribution in [2.45, 2.75) is 45.3 Å². The van der Waals surface area contributed by atoms with Gasteiger partial charge in [-0.25, -0.2) is 9.59 Å². The Morgan fingerprint density at radius 1 is 1.25 bits per heavy atom. The van der Waals surface area contributed by atoms with Crippen LogP contribution in [0, 0.1) is 0 Å². The summed E-state index contributed by atoms with van der Waals surface area (Å²) in [4.78, 5) is 26.5. The molecule has 1 atom stereocenters. The lowest BCUT2D eigenvalue weighted by Crippen LogP contribution is -2.60. The fourth-order valence-corrected chi connectivity index (χ4v) is 2.27. The topological polar surface area (TPSA) is 83.5 Å². The van der Waals surface area contributed by atoms with Crippen LogP contribution in [-0.4, -0.2) is 75.0 Å². The molecule has 1 fully saturated rings. The number of carbonyl (C=O) groups is 2. The van der Waals surface area contributed by atoms with Gasteiger partial charge in [-0.15, -0.1) is 0 Å². The number of esters is 1. The molecule has 1 rings (SSSR count). The molecule has 0 aliphatic carbocycles. The predicted octanol–water partition coefficient (Wildman–Crippen LogP) is 1.57. The summed E-state index contributed by atoms with van der Waals surface area (Å²) >= 11 is 0. The standard InChI is InChI=1S/C16H29NO7/c1-6-23-13(18)16(7-8-21-11-16)17(12-22-10-9-20-5)14(19)24-15(2,3)4/h6-12H2,1-5H3/t16-/m0/s1. The summed E-state index contributed by atoms with van der Waals surface area (Å²) in [6, 6.07) is 0. The Labute approximate surface area is 143 Å². The van der Waals surface area contributed by atoms with Crippen LogP contribution >= 0.6 is 0 Å². The van der Waals surface area contributed by atoms with Gasteiger partial charge in [-0.1, -0.05) is 0 Å². The van der Waals surface area contributed by atoms with Gasteiger partial charge in [0.25, 0.3) is 0 Å². The molecule has 8 nitrogen and oxygen atoms in total. The monoisotopic (exact) mass is 347 g/mol. The zero-order valence-corrected chi connectivity index (χ0v) is 15.3. The number of carbonyl (C=O) groups excluding carboxylic acids is 2. The van der Waals surface area contributed by atoms with Crippen molar-refractivity contribution in [3.63, 3.8) is 0 Å². The van der Waals surface area contributed by atoms with E-state index in [9.17, 15) is 9.59 Å². The maximum atomic E-state index is 12.7. The average Bonchev–Trinajstić information content (AvgIpc) is 2.96. The molecule has 0 N–H and O–H groups in total. The Morgan fingerprint density at radius 2 is 1.96 bits per heavy atom. The van der Waals surface area contributed by atoms with E-state index in [4.69, 9.17) is 23.7 Å². The van der Waals surface area contributed by atoms with Crippen molar-refractivity contribution in [3.05, 3.63) is 0 Å². The van der Waals surface area contributed by atoms with Crippen LogP contribution in [0.1, 0.15) is 34.1 Å². The Kier molecular flexibility index (Phi) is 7.92. The van der Waals surface area contributed by atoms with Crippen LogP contribution in [-0.2, 0) is 28.5 Å². The smallest absolute Gasteiger partial charge is 0.413 e. The van der Waals surface area contributed by atoms with Crippen LogP contribution in [0.3, 0.4) is 0 Å². The molecule has 0 aromatic rings. The molecular weight excluding hydrogens is 318 g/mol. The number of amides is 1. The summed E-state index contributed by atoms with van der Waals surface area (Å²) in [6.45, 7) is 8.18. The third-order valence-corrected chi connectivity index (χ3v) is 3.44. The summed E-state index contributed by atoms with van der Waals surface area (Å²) in [5.74, 6) is -0.510. The van der Waals surface area contributed by atoms with E-state index in [1.807, 2.05) is 0 Å². The second-order valence-corrected chi connectivity index (χ2v) is 6.49. The summed E-state index contributed by atoms with van der Waals surface area (Å²) in [5, 5.41) is 0. The lowest BCUT2D eigenvalue weighted by Gasteiger charge is -2.38. The Bertz CT molecular complexity index is 413. The van der Waals surface area contributed by atoms with Gasteiger partial charge in [0.2, 0.25) is 0 Å². The third kappa shape index (κ3) is 5.61. The van der Waals surface area contributed by atoms with Gasteiger partial charge in [-0.05, 0) is 27.7 Å².